The van der Waals surface area contributed by atoms with Gasteiger partial charge in [-0.1, -0.05) is 13.3 Å². The average molecular weight is 258 g/mol. The molecule has 0 amide bonds. The lowest BCUT2D eigenvalue weighted by Crippen LogP contribution is -2.13. The van der Waals surface area contributed by atoms with Crippen molar-refractivity contribution >= 4 is 21.6 Å². The Bertz CT molecular complexity index is 390. The molecule has 1 fully saturated rings. The van der Waals surface area contributed by atoms with Gasteiger partial charge in [0, 0.05) is 6.04 Å². The lowest BCUT2D eigenvalue weighted by atomic mass is 10.3. The molecule has 2 N–H and O–H groups in total. The number of nitrogens with one attached hydrogen (secondary N) is 2. The normalized spacial score (nSPS) is 24.7. The van der Waals surface area contributed by atoms with Gasteiger partial charge in [0.25, 0.3) is 5.56 Å². The fraction of sp³-hybridized carbons (Fsp3) is 0.556. The van der Waals surface area contributed by atoms with E-state index in [9.17, 15) is 4.79 Å². The van der Waals surface area contributed by atoms with Crippen LogP contribution in [0.2, 0.25) is 0 Å². The number of nitrogens with zero attached hydrogens (tertiary/aromatic N) is 1. The fourth-order valence-electron chi connectivity index (χ4n) is 1.56. The quantitative estimate of drug-likeness (QED) is 0.868. The van der Waals surface area contributed by atoms with E-state index in [0.29, 0.717) is 10.5 Å². The monoisotopic (exact) mass is 257 g/mol. The van der Waals surface area contributed by atoms with Gasteiger partial charge in [-0.3, -0.25) is 4.79 Å². The van der Waals surface area contributed by atoms with Crippen LogP contribution in [0.25, 0.3) is 0 Å². The summed E-state index contributed by atoms with van der Waals surface area (Å²) < 4.78 is 0.536. The van der Waals surface area contributed by atoms with E-state index in [1.165, 1.54) is 12.8 Å². The Morgan fingerprint density at radius 3 is 3.21 bits per heavy atom. The molecule has 1 heterocycles. The molecule has 2 unspecified atom stereocenters. The summed E-state index contributed by atoms with van der Waals surface area (Å²) in [5.41, 5.74) is 0.596. The standard InChI is InChI=1S/C9H12BrN3O/c1-2-5-3-6(5)12-7-4-11-13-9(14)8(7)10/h4-6H,2-3H2,1H3,(H2,12,13,14). The zero-order chi connectivity index (χ0) is 10.1. The third-order valence-corrected chi connectivity index (χ3v) is 3.37. The molecule has 5 heteroatoms. The molecule has 0 spiro atoms. The highest BCUT2D eigenvalue weighted by Crippen LogP contribution is 2.36. The van der Waals surface area contributed by atoms with Crippen molar-refractivity contribution in [1.29, 1.82) is 0 Å². The van der Waals surface area contributed by atoms with Gasteiger partial charge in [-0.25, -0.2) is 5.10 Å². The minimum absolute atomic E-state index is 0.191. The lowest BCUT2D eigenvalue weighted by molar-refractivity contribution is 0.774. The molecule has 1 saturated carbocycles. The number of hydrogen-bond donors (Lipinski definition) is 2. The van der Waals surface area contributed by atoms with E-state index in [0.717, 1.165) is 11.6 Å². The minimum atomic E-state index is -0.191. The van der Waals surface area contributed by atoms with Crippen LogP contribution in [0.1, 0.15) is 19.8 Å². The lowest BCUT2D eigenvalue weighted by Gasteiger charge is -2.05. The van der Waals surface area contributed by atoms with Gasteiger partial charge in [0.15, 0.2) is 0 Å². The Morgan fingerprint density at radius 1 is 1.79 bits per heavy atom. The van der Waals surface area contributed by atoms with Crippen LogP contribution in [0.4, 0.5) is 5.69 Å². The first-order valence-electron chi connectivity index (χ1n) is 4.72. The van der Waals surface area contributed by atoms with E-state index in [1.54, 1.807) is 6.20 Å². The molecule has 0 aliphatic heterocycles. The maximum Gasteiger partial charge on any atom is 0.280 e. The van der Waals surface area contributed by atoms with Gasteiger partial charge in [0.1, 0.15) is 4.47 Å². The largest absolute Gasteiger partial charge is 0.380 e. The van der Waals surface area contributed by atoms with Crippen molar-refractivity contribution < 1.29 is 0 Å². The molecule has 0 saturated heterocycles. The summed E-state index contributed by atoms with van der Waals surface area (Å²) >= 11 is 3.23. The van der Waals surface area contributed by atoms with Gasteiger partial charge in [-0.2, -0.15) is 5.10 Å². The topological polar surface area (TPSA) is 57.8 Å². The minimum Gasteiger partial charge on any atom is -0.380 e. The molecule has 0 bridgehead atoms. The SMILES string of the molecule is CCC1CC1Nc1cn[nH]c(=O)c1Br. The van der Waals surface area contributed by atoms with Crippen LogP contribution >= 0.6 is 15.9 Å². The summed E-state index contributed by atoms with van der Waals surface area (Å²) in [6.07, 6.45) is 4.01. The number of aromatic nitrogens is 2. The molecule has 2 rings (SSSR count). The molecule has 1 aromatic heterocycles. The smallest absolute Gasteiger partial charge is 0.280 e. The number of hydrogen-bond acceptors (Lipinski definition) is 3. The Morgan fingerprint density at radius 2 is 2.57 bits per heavy atom. The van der Waals surface area contributed by atoms with Gasteiger partial charge < -0.3 is 5.32 Å². The third-order valence-electron chi connectivity index (χ3n) is 2.58. The molecule has 1 aliphatic carbocycles. The highest BCUT2D eigenvalue weighted by Gasteiger charge is 2.35. The number of anilines is 1. The molecule has 14 heavy (non-hydrogen) atoms. The van der Waals surface area contributed by atoms with Crippen LogP contribution in [0.5, 0.6) is 0 Å². The fourth-order valence-corrected chi connectivity index (χ4v) is 1.86. The van der Waals surface area contributed by atoms with Crippen LogP contribution < -0.4 is 10.9 Å². The molecule has 2 atom stereocenters. The summed E-state index contributed by atoms with van der Waals surface area (Å²) in [4.78, 5) is 11.2. The molecule has 4 nitrogen and oxygen atoms in total. The number of halogens is 1. The molecular weight excluding hydrogens is 246 g/mol. The van der Waals surface area contributed by atoms with Crippen LogP contribution in [-0.2, 0) is 0 Å². The number of H-pyrrole nitrogens is 1. The average Bonchev–Trinajstić information content (AvgIpc) is 2.92. The summed E-state index contributed by atoms with van der Waals surface area (Å²) in [5, 5.41) is 9.41. The van der Waals surface area contributed by atoms with E-state index in [1.807, 2.05) is 0 Å². The maximum atomic E-state index is 11.2. The molecule has 0 aromatic carbocycles. The van der Waals surface area contributed by atoms with E-state index in [4.69, 9.17) is 0 Å². The predicted octanol–water partition coefficient (Wildman–Crippen LogP) is 1.74. The molecule has 0 radical (unpaired) electrons. The Labute approximate surface area is 90.2 Å². The van der Waals surface area contributed by atoms with Crippen molar-refractivity contribution in [3.63, 3.8) is 0 Å². The number of aromatic amines is 1. The predicted molar refractivity (Wildman–Crippen MR) is 58.4 cm³/mol. The van der Waals surface area contributed by atoms with Gasteiger partial charge in [0.2, 0.25) is 0 Å². The molecule has 76 valence electrons. The van der Waals surface area contributed by atoms with Gasteiger partial charge in [-0.05, 0) is 28.3 Å². The van der Waals surface area contributed by atoms with Crippen LogP contribution in [-0.4, -0.2) is 16.2 Å². The summed E-state index contributed by atoms with van der Waals surface area (Å²) in [7, 11) is 0. The highest BCUT2D eigenvalue weighted by atomic mass is 79.9. The first kappa shape index (κ1) is 9.71. The Kier molecular flexibility index (Phi) is 2.58. The van der Waals surface area contributed by atoms with E-state index in [-0.39, 0.29) is 5.56 Å². The van der Waals surface area contributed by atoms with Crippen molar-refractivity contribution in [2.45, 2.75) is 25.8 Å². The van der Waals surface area contributed by atoms with Gasteiger partial charge in [-0.15, -0.1) is 0 Å². The highest BCUT2D eigenvalue weighted by molar-refractivity contribution is 9.10. The second kappa shape index (κ2) is 3.73. The first-order chi connectivity index (χ1) is 6.72. The van der Waals surface area contributed by atoms with Crippen LogP contribution in [0.3, 0.4) is 0 Å². The third kappa shape index (κ3) is 1.82. The van der Waals surface area contributed by atoms with Gasteiger partial charge >= 0.3 is 0 Å². The zero-order valence-electron chi connectivity index (χ0n) is 7.88. The Balaban J connectivity index is 2.10. The van der Waals surface area contributed by atoms with Gasteiger partial charge in [0.05, 0.1) is 11.9 Å². The summed E-state index contributed by atoms with van der Waals surface area (Å²) in [5.74, 6) is 0.751. The molecular formula is C9H12BrN3O. The van der Waals surface area contributed by atoms with Crippen LogP contribution in [0, 0.1) is 5.92 Å². The molecule has 1 aromatic rings. The van der Waals surface area contributed by atoms with Crippen molar-refractivity contribution in [3.05, 3.63) is 21.0 Å². The summed E-state index contributed by atoms with van der Waals surface area (Å²) in [6.45, 7) is 2.18. The first-order valence-corrected chi connectivity index (χ1v) is 5.51. The van der Waals surface area contributed by atoms with E-state index in [2.05, 4.69) is 38.4 Å². The molecule has 1 aliphatic rings. The zero-order valence-corrected chi connectivity index (χ0v) is 9.47. The van der Waals surface area contributed by atoms with Crippen molar-refractivity contribution in [2.24, 2.45) is 5.92 Å². The van der Waals surface area contributed by atoms with Crippen LogP contribution in [0.15, 0.2) is 15.5 Å². The maximum absolute atomic E-state index is 11.2. The second-order valence-electron chi connectivity index (χ2n) is 3.58. The Hall–Kier alpha value is -0.840. The number of rotatable bonds is 3. The summed E-state index contributed by atoms with van der Waals surface area (Å²) in [6, 6.07) is 0.514. The van der Waals surface area contributed by atoms with Crippen molar-refractivity contribution in [1.82, 2.24) is 10.2 Å². The second-order valence-corrected chi connectivity index (χ2v) is 4.37. The van der Waals surface area contributed by atoms with Crippen molar-refractivity contribution in [2.75, 3.05) is 5.32 Å². The van der Waals surface area contributed by atoms with E-state index < -0.39 is 0 Å². The van der Waals surface area contributed by atoms with Crippen molar-refractivity contribution in [3.8, 4) is 0 Å². The van der Waals surface area contributed by atoms with E-state index >= 15 is 0 Å².